The number of likely N-dealkylation sites (N-methyl/N-ethyl adjacent to an activating group) is 1. The van der Waals surface area contributed by atoms with E-state index in [4.69, 9.17) is 0 Å². The highest BCUT2D eigenvalue weighted by Crippen LogP contribution is 2.09. The van der Waals surface area contributed by atoms with Crippen molar-refractivity contribution in [1.82, 2.24) is 14.8 Å². The summed E-state index contributed by atoms with van der Waals surface area (Å²) in [5, 5.41) is 3.04. The number of aromatic nitrogens is 1. The second kappa shape index (κ2) is 5.98. The van der Waals surface area contributed by atoms with Crippen LogP contribution >= 0.6 is 0 Å². The minimum Gasteiger partial charge on any atom is -0.373 e. The van der Waals surface area contributed by atoms with Gasteiger partial charge in [-0.1, -0.05) is 13.0 Å². The maximum absolute atomic E-state index is 4.35. The molecular weight excluding hydrogens is 212 g/mol. The van der Waals surface area contributed by atoms with Gasteiger partial charge in [0.05, 0.1) is 0 Å². The maximum Gasteiger partial charge on any atom is 0.125 e. The van der Waals surface area contributed by atoms with E-state index in [1.165, 1.54) is 38.3 Å². The van der Waals surface area contributed by atoms with Crippen molar-refractivity contribution < 1.29 is 0 Å². The number of piperazine rings is 1. The number of nitrogens with zero attached hydrogens (tertiary/aromatic N) is 3. The molecule has 17 heavy (non-hydrogen) atoms. The Bertz CT molecular complexity index is 328. The van der Waals surface area contributed by atoms with Crippen LogP contribution in [0.4, 0.5) is 5.82 Å². The fraction of sp³-hybridized carbons (Fsp3) is 0.615. The topological polar surface area (TPSA) is 31.4 Å². The van der Waals surface area contributed by atoms with Gasteiger partial charge in [0.1, 0.15) is 5.82 Å². The molecule has 1 aliphatic heterocycles. The summed E-state index contributed by atoms with van der Waals surface area (Å²) in [7, 11) is 1.89. The van der Waals surface area contributed by atoms with Crippen LogP contribution in [0.1, 0.15) is 12.5 Å². The Morgan fingerprint density at radius 2 is 1.88 bits per heavy atom. The van der Waals surface area contributed by atoms with Crippen LogP contribution < -0.4 is 5.32 Å². The van der Waals surface area contributed by atoms with Crippen LogP contribution in [-0.2, 0) is 6.54 Å². The number of hydrogen-bond donors (Lipinski definition) is 1. The molecule has 0 spiro atoms. The monoisotopic (exact) mass is 234 g/mol. The van der Waals surface area contributed by atoms with Crippen molar-refractivity contribution >= 4 is 5.82 Å². The second-order valence-electron chi connectivity index (χ2n) is 4.51. The van der Waals surface area contributed by atoms with Crippen molar-refractivity contribution in [2.45, 2.75) is 13.5 Å². The summed E-state index contributed by atoms with van der Waals surface area (Å²) in [6, 6.07) is 4.20. The fourth-order valence-corrected chi connectivity index (χ4v) is 2.19. The normalized spacial score (nSPS) is 18.2. The van der Waals surface area contributed by atoms with Crippen LogP contribution in [0.3, 0.4) is 0 Å². The van der Waals surface area contributed by atoms with E-state index in [0.717, 1.165) is 12.4 Å². The zero-order chi connectivity index (χ0) is 12.1. The molecule has 0 aromatic carbocycles. The molecular formula is C13H22N4. The Labute approximate surface area is 104 Å². The molecule has 0 radical (unpaired) electrons. The lowest BCUT2D eigenvalue weighted by molar-refractivity contribution is 0.132. The third-order valence-electron chi connectivity index (χ3n) is 3.40. The first-order valence-electron chi connectivity index (χ1n) is 6.39. The van der Waals surface area contributed by atoms with Crippen molar-refractivity contribution in [2.24, 2.45) is 0 Å². The summed E-state index contributed by atoms with van der Waals surface area (Å²) in [6.45, 7) is 9.15. The molecule has 1 aromatic heterocycles. The number of nitrogens with one attached hydrogen (secondary N) is 1. The molecule has 0 saturated carbocycles. The van der Waals surface area contributed by atoms with E-state index >= 15 is 0 Å². The lowest BCUT2D eigenvalue weighted by Gasteiger charge is -2.33. The van der Waals surface area contributed by atoms with Gasteiger partial charge in [-0.2, -0.15) is 0 Å². The van der Waals surface area contributed by atoms with Crippen LogP contribution in [0.15, 0.2) is 18.3 Å². The highest BCUT2D eigenvalue weighted by molar-refractivity contribution is 5.34. The summed E-state index contributed by atoms with van der Waals surface area (Å²) < 4.78 is 0. The maximum atomic E-state index is 4.35. The first-order chi connectivity index (χ1) is 8.31. The number of anilines is 1. The van der Waals surface area contributed by atoms with E-state index in [1.54, 1.807) is 0 Å². The van der Waals surface area contributed by atoms with Crippen molar-refractivity contribution in [3.05, 3.63) is 23.9 Å². The Morgan fingerprint density at radius 3 is 2.41 bits per heavy atom. The molecule has 0 unspecified atom stereocenters. The molecule has 1 fully saturated rings. The number of hydrogen-bond acceptors (Lipinski definition) is 4. The molecule has 2 rings (SSSR count). The van der Waals surface area contributed by atoms with Gasteiger partial charge in [0.2, 0.25) is 0 Å². The number of rotatable bonds is 4. The molecule has 1 saturated heterocycles. The lowest BCUT2D eigenvalue weighted by atomic mass is 10.2. The Balaban J connectivity index is 1.84. The predicted octanol–water partition coefficient (Wildman–Crippen LogP) is 1.26. The minimum absolute atomic E-state index is 0.935. The molecule has 1 aromatic rings. The zero-order valence-electron chi connectivity index (χ0n) is 10.8. The summed E-state index contributed by atoms with van der Waals surface area (Å²) in [5.41, 5.74) is 1.30. The van der Waals surface area contributed by atoms with E-state index in [1.807, 2.05) is 19.3 Å². The average Bonchev–Trinajstić information content (AvgIpc) is 2.40. The molecule has 1 N–H and O–H groups in total. The van der Waals surface area contributed by atoms with Crippen molar-refractivity contribution in [1.29, 1.82) is 0 Å². The van der Waals surface area contributed by atoms with Crippen molar-refractivity contribution in [3.63, 3.8) is 0 Å². The van der Waals surface area contributed by atoms with Crippen LogP contribution in [0.2, 0.25) is 0 Å². The van der Waals surface area contributed by atoms with E-state index in [0.29, 0.717) is 0 Å². The first-order valence-corrected chi connectivity index (χ1v) is 6.39. The molecule has 2 heterocycles. The lowest BCUT2D eigenvalue weighted by Crippen LogP contribution is -2.45. The standard InChI is InChI=1S/C13H22N4/c1-3-16-6-8-17(9-7-16)11-12-4-5-13(14-2)15-10-12/h4-5,10H,3,6-9,11H2,1-2H3,(H,14,15). The highest BCUT2D eigenvalue weighted by atomic mass is 15.3. The van der Waals surface area contributed by atoms with Crippen LogP contribution in [-0.4, -0.2) is 54.6 Å². The molecule has 1 aliphatic rings. The number of pyridine rings is 1. The van der Waals surface area contributed by atoms with Gasteiger partial charge in [0, 0.05) is 46.0 Å². The molecule has 4 nitrogen and oxygen atoms in total. The van der Waals surface area contributed by atoms with E-state index in [9.17, 15) is 0 Å². The zero-order valence-corrected chi connectivity index (χ0v) is 10.8. The van der Waals surface area contributed by atoms with Gasteiger partial charge in [-0.15, -0.1) is 0 Å². The van der Waals surface area contributed by atoms with Gasteiger partial charge in [0.15, 0.2) is 0 Å². The molecule has 4 heteroatoms. The molecule has 0 amide bonds. The Hall–Kier alpha value is -1.13. The Kier molecular flexibility index (Phi) is 4.34. The van der Waals surface area contributed by atoms with E-state index in [2.05, 4.69) is 33.1 Å². The molecule has 0 bridgehead atoms. The van der Waals surface area contributed by atoms with Crippen LogP contribution in [0.5, 0.6) is 0 Å². The van der Waals surface area contributed by atoms with Gasteiger partial charge in [-0.05, 0) is 18.2 Å². The minimum atomic E-state index is 0.935. The molecule has 94 valence electrons. The summed E-state index contributed by atoms with van der Waals surface area (Å²) in [4.78, 5) is 9.35. The second-order valence-corrected chi connectivity index (χ2v) is 4.51. The first kappa shape index (κ1) is 12.3. The highest BCUT2D eigenvalue weighted by Gasteiger charge is 2.15. The van der Waals surface area contributed by atoms with Crippen LogP contribution in [0.25, 0.3) is 0 Å². The quantitative estimate of drug-likeness (QED) is 0.850. The predicted molar refractivity (Wildman–Crippen MR) is 71.2 cm³/mol. The molecule has 0 aliphatic carbocycles. The van der Waals surface area contributed by atoms with Gasteiger partial charge in [-0.25, -0.2) is 4.98 Å². The van der Waals surface area contributed by atoms with Crippen molar-refractivity contribution in [3.8, 4) is 0 Å². The van der Waals surface area contributed by atoms with Crippen molar-refractivity contribution in [2.75, 3.05) is 45.1 Å². The van der Waals surface area contributed by atoms with E-state index in [-0.39, 0.29) is 0 Å². The summed E-state index contributed by atoms with van der Waals surface area (Å²) in [5.74, 6) is 0.935. The molecule has 0 atom stereocenters. The Morgan fingerprint density at radius 1 is 1.18 bits per heavy atom. The van der Waals surface area contributed by atoms with Gasteiger partial charge < -0.3 is 10.2 Å². The van der Waals surface area contributed by atoms with Gasteiger partial charge in [0.25, 0.3) is 0 Å². The van der Waals surface area contributed by atoms with E-state index < -0.39 is 0 Å². The fourth-order valence-electron chi connectivity index (χ4n) is 2.19. The third kappa shape index (κ3) is 3.41. The summed E-state index contributed by atoms with van der Waals surface area (Å²) in [6.07, 6.45) is 1.97. The van der Waals surface area contributed by atoms with Gasteiger partial charge >= 0.3 is 0 Å². The third-order valence-corrected chi connectivity index (χ3v) is 3.40. The smallest absolute Gasteiger partial charge is 0.125 e. The average molecular weight is 234 g/mol. The summed E-state index contributed by atoms with van der Waals surface area (Å²) >= 11 is 0. The largest absolute Gasteiger partial charge is 0.373 e. The van der Waals surface area contributed by atoms with Crippen LogP contribution in [0, 0.1) is 0 Å². The SMILES string of the molecule is CCN1CCN(Cc2ccc(NC)nc2)CC1. The van der Waals surface area contributed by atoms with Gasteiger partial charge in [-0.3, -0.25) is 4.90 Å².